The molecule has 0 saturated carbocycles. The minimum Gasteiger partial charge on any atom is -0.497 e. The van der Waals surface area contributed by atoms with Crippen molar-refractivity contribution in [2.75, 3.05) is 7.11 Å². The Morgan fingerprint density at radius 3 is 2.78 bits per heavy atom. The molecule has 1 aromatic carbocycles. The van der Waals surface area contributed by atoms with E-state index in [1.54, 1.807) is 20.1 Å². The van der Waals surface area contributed by atoms with E-state index in [-0.39, 0.29) is 5.91 Å². The number of methoxy groups -OCH3 is 1. The molecule has 3 aromatic rings. The van der Waals surface area contributed by atoms with Crippen LogP contribution in [0.2, 0.25) is 0 Å². The van der Waals surface area contributed by atoms with Crippen molar-refractivity contribution in [1.82, 2.24) is 20.7 Å². The minimum absolute atomic E-state index is 0.231. The minimum atomic E-state index is -0.231. The second kappa shape index (κ2) is 6.35. The lowest BCUT2D eigenvalue weighted by Crippen LogP contribution is -2.23. The van der Waals surface area contributed by atoms with Gasteiger partial charge in [0.15, 0.2) is 0 Å². The Morgan fingerprint density at radius 1 is 1.35 bits per heavy atom. The molecule has 0 aliphatic rings. The first-order chi connectivity index (χ1) is 11.2. The molecule has 118 valence electrons. The molecule has 0 radical (unpaired) electrons. The van der Waals surface area contributed by atoms with Crippen LogP contribution in [-0.4, -0.2) is 28.4 Å². The maximum atomic E-state index is 12.3. The Kier molecular flexibility index (Phi) is 4.09. The van der Waals surface area contributed by atoms with Crippen LogP contribution in [0, 0.1) is 6.92 Å². The fourth-order valence-corrected chi connectivity index (χ4v) is 2.20. The fourth-order valence-electron chi connectivity index (χ4n) is 2.20. The van der Waals surface area contributed by atoms with Gasteiger partial charge in [0.1, 0.15) is 17.2 Å². The second-order valence-corrected chi connectivity index (χ2v) is 5.00. The van der Waals surface area contributed by atoms with E-state index in [1.165, 1.54) is 6.20 Å². The van der Waals surface area contributed by atoms with E-state index in [0.717, 1.165) is 11.3 Å². The molecule has 0 aliphatic heterocycles. The summed E-state index contributed by atoms with van der Waals surface area (Å²) >= 11 is 0. The predicted octanol–water partition coefficient (Wildman–Crippen LogP) is 2.31. The number of nitrogens with one attached hydrogen (secondary N) is 2. The molecule has 2 N–H and O–H groups in total. The SMILES string of the molecule is COc1ccc(-c2[nH]ncc2C(=O)NCc2cc(C)on2)cc1. The lowest BCUT2D eigenvalue weighted by molar-refractivity contribution is 0.0951. The number of rotatable bonds is 5. The van der Waals surface area contributed by atoms with Gasteiger partial charge in [-0.3, -0.25) is 9.89 Å². The monoisotopic (exact) mass is 312 g/mol. The number of nitrogens with zero attached hydrogens (tertiary/aromatic N) is 2. The molecule has 1 amide bonds. The number of amides is 1. The van der Waals surface area contributed by atoms with Crippen molar-refractivity contribution in [3.8, 4) is 17.0 Å². The maximum Gasteiger partial charge on any atom is 0.255 e. The van der Waals surface area contributed by atoms with E-state index in [9.17, 15) is 4.79 Å². The van der Waals surface area contributed by atoms with E-state index < -0.39 is 0 Å². The van der Waals surface area contributed by atoms with Gasteiger partial charge in [-0.25, -0.2) is 0 Å². The summed E-state index contributed by atoms with van der Waals surface area (Å²) in [7, 11) is 1.61. The Bertz CT molecular complexity index is 805. The van der Waals surface area contributed by atoms with Crippen LogP contribution in [0.4, 0.5) is 0 Å². The van der Waals surface area contributed by atoms with Gasteiger partial charge in [0.25, 0.3) is 5.91 Å². The van der Waals surface area contributed by atoms with Gasteiger partial charge in [-0.2, -0.15) is 5.10 Å². The number of hydrogen-bond acceptors (Lipinski definition) is 5. The highest BCUT2D eigenvalue weighted by Crippen LogP contribution is 2.23. The highest BCUT2D eigenvalue weighted by molar-refractivity contribution is 5.99. The van der Waals surface area contributed by atoms with Crippen LogP contribution >= 0.6 is 0 Å². The van der Waals surface area contributed by atoms with E-state index in [4.69, 9.17) is 9.26 Å². The van der Waals surface area contributed by atoms with E-state index in [2.05, 4.69) is 20.7 Å². The molecule has 3 rings (SSSR count). The van der Waals surface area contributed by atoms with Gasteiger partial charge in [-0.1, -0.05) is 5.16 Å². The molecule has 7 nitrogen and oxygen atoms in total. The molecule has 2 heterocycles. The van der Waals surface area contributed by atoms with Crippen molar-refractivity contribution in [2.45, 2.75) is 13.5 Å². The van der Waals surface area contributed by atoms with Crippen molar-refractivity contribution in [3.05, 3.63) is 53.5 Å². The first-order valence-electron chi connectivity index (χ1n) is 7.05. The molecule has 0 spiro atoms. The standard InChI is InChI=1S/C16H16N4O3/c1-10-7-12(20-23-10)8-17-16(21)14-9-18-19-15(14)11-3-5-13(22-2)6-4-11/h3-7,9H,8H2,1-2H3,(H,17,21)(H,18,19). The van der Waals surface area contributed by atoms with Crippen molar-refractivity contribution < 1.29 is 14.1 Å². The van der Waals surface area contributed by atoms with Gasteiger partial charge in [-0.15, -0.1) is 0 Å². The number of ether oxygens (including phenoxy) is 1. The van der Waals surface area contributed by atoms with Crippen molar-refractivity contribution in [2.24, 2.45) is 0 Å². The third kappa shape index (κ3) is 3.23. The van der Waals surface area contributed by atoms with Crippen LogP contribution in [0.15, 0.2) is 41.1 Å². The molecule has 0 fully saturated rings. The quantitative estimate of drug-likeness (QED) is 0.754. The average Bonchev–Trinajstić information content (AvgIpc) is 3.21. The first-order valence-corrected chi connectivity index (χ1v) is 7.05. The average molecular weight is 312 g/mol. The molecule has 2 aromatic heterocycles. The number of benzene rings is 1. The molecular weight excluding hydrogens is 296 g/mol. The third-order valence-electron chi connectivity index (χ3n) is 3.37. The molecule has 0 atom stereocenters. The van der Waals surface area contributed by atoms with Crippen LogP contribution in [0.5, 0.6) is 5.75 Å². The number of aromatic amines is 1. The highest BCUT2D eigenvalue weighted by Gasteiger charge is 2.15. The van der Waals surface area contributed by atoms with Crippen molar-refractivity contribution in [3.63, 3.8) is 0 Å². The van der Waals surface area contributed by atoms with Crippen LogP contribution in [0.25, 0.3) is 11.3 Å². The van der Waals surface area contributed by atoms with Gasteiger partial charge in [0.2, 0.25) is 0 Å². The summed E-state index contributed by atoms with van der Waals surface area (Å²) in [4.78, 5) is 12.3. The predicted molar refractivity (Wildman–Crippen MR) is 83.0 cm³/mol. The molecule has 0 bridgehead atoms. The van der Waals surface area contributed by atoms with Gasteiger partial charge in [-0.05, 0) is 31.2 Å². The lowest BCUT2D eigenvalue weighted by atomic mass is 10.1. The van der Waals surface area contributed by atoms with Crippen LogP contribution in [0.3, 0.4) is 0 Å². The van der Waals surface area contributed by atoms with Crippen molar-refractivity contribution >= 4 is 5.91 Å². The van der Waals surface area contributed by atoms with Gasteiger partial charge >= 0.3 is 0 Å². The summed E-state index contributed by atoms with van der Waals surface area (Å²) in [6.45, 7) is 2.10. The largest absolute Gasteiger partial charge is 0.497 e. The molecule has 0 unspecified atom stereocenters. The van der Waals surface area contributed by atoms with Gasteiger partial charge < -0.3 is 14.6 Å². The van der Waals surface area contributed by atoms with E-state index in [1.807, 2.05) is 24.3 Å². The molecule has 23 heavy (non-hydrogen) atoms. The zero-order valence-electron chi connectivity index (χ0n) is 12.8. The zero-order chi connectivity index (χ0) is 16.2. The van der Waals surface area contributed by atoms with Crippen LogP contribution in [0.1, 0.15) is 21.8 Å². The first kappa shape index (κ1) is 14.8. The van der Waals surface area contributed by atoms with E-state index >= 15 is 0 Å². The summed E-state index contributed by atoms with van der Waals surface area (Å²) in [6, 6.07) is 9.17. The lowest BCUT2D eigenvalue weighted by Gasteiger charge is -2.05. The summed E-state index contributed by atoms with van der Waals surface area (Å²) in [5.41, 5.74) is 2.65. The number of aryl methyl sites for hydroxylation is 1. The summed E-state index contributed by atoms with van der Waals surface area (Å²) in [5, 5.41) is 13.5. The molecular formula is C16H16N4O3. The van der Waals surface area contributed by atoms with Crippen LogP contribution < -0.4 is 10.1 Å². The van der Waals surface area contributed by atoms with Gasteiger partial charge in [0, 0.05) is 11.6 Å². The number of H-pyrrole nitrogens is 1. The van der Waals surface area contributed by atoms with Gasteiger partial charge in [0.05, 0.1) is 31.1 Å². The molecule has 0 saturated heterocycles. The highest BCUT2D eigenvalue weighted by atomic mass is 16.5. The molecule has 0 aliphatic carbocycles. The topological polar surface area (TPSA) is 93.0 Å². The summed E-state index contributed by atoms with van der Waals surface area (Å²) < 4.78 is 10.1. The summed E-state index contributed by atoms with van der Waals surface area (Å²) in [6.07, 6.45) is 1.50. The Hall–Kier alpha value is -3.09. The fraction of sp³-hybridized carbons (Fsp3) is 0.188. The second-order valence-electron chi connectivity index (χ2n) is 5.00. The molecule has 7 heteroatoms. The van der Waals surface area contributed by atoms with E-state index in [0.29, 0.717) is 29.3 Å². The third-order valence-corrected chi connectivity index (χ3v) is 3.37. The normalized spacial score (nSPS) is 10.5. The van der Waals surface area contributed by atoms with Crippen LogP contribution in [-0.2, 0) is 6.54 Å². The number of carbonyl (C=O) groups is 1. The number of carbonyl (C=O) groups excluding carboxylic acids is 1. The Labute approximate surface area is 132 Å². The maximum absolute atomic E-state index is 12.3. The zero-order valence-corrected chi connectivity index (χ0v) is 12.8. The van der Waals surface area contributed by atoms with Crippen molar-refractivity contribution in [1.29, 1.82) is 0 Å². The summed E-state index contributed by atoms with van der Waals surface area (Å²) in [5.74, 6) is 1.22. The smallest absolute Gasteiger partial charge is 0.255 e. The number of hydrogen-bond donors (Lipinski definition) is 2. The number of aromatic nitrogens is 3. The Morgan fingerprint density at radius 2 is 2.13 bits per heavy atom. The Balaban J connectivity index is 1.75.